The van der Waals surface area contributed by atoms with Crippen LogP contribution in [-0.4, -0.2) is 35.8 Å². The second-order valence-electron chi connectivity index (χ2n) is 3.43. The summed E-state index contributed by atoms with van der Waals surface area (Å²) in [7, 11) is 0. The highest BCUT2D eigenvalue weighted by molar-refractivity contribution is 6.35. The van der Waals surface area contributed by atoms with E-state index in [1.807, 2.05) is 0 Å². The lowest BCUT2D eigenvalue weighted by atomic mass is 10.1. The number of aliphatic imine (C=N–C) groups is 1. The van der Waals surface area contributed by atoms with Crippen LogP contribution in [0.1, 0.15) is 6.92 Å². The normalized spacial score (nSPS) is 18.9. The second-order valence-corrected chi connectivity index (χ2v) is 3.83. The highest BCUT2D eigenvalue weighted by Crippen LogP contribution is 2.26. The van der Waals surface area contributed by atoms with Crippen LogP contribution in [0.5, 0.6) is 0 Å². The lowest BCUT2D eigenvalue weighted by molar-refractivity contribution is -0.137. The summed E-state index contributed by atoms with van der Waals surface area (Å²) in [6, 6.07) is 0. The third kappa shape index (κ3) is 1.91. The predicted molar refractivity (Wildman–Crippen MR) is 60.9 cm³/mol. The summed E-state index contributed by atoms with van der Waals surface area (Å²) in [5, 5.41) is 0.196. The molecule has 0 bridgehead atoms. The molecule has 2 aliphatic heterocycles. The molecule has 0 saturated heterocycles. The van der Waals surface area contributed by atoms with E-state index in [4.69, 9.17) is 22.1 Å². The van der Waals surface area contributed by atoms with E-state index in [1.165, 1.54) is 11.0 Å². The van der Waals surface area contributed by atoms with Crippen molar-refractivity contribution < 1.29 is 14.3 Å². The number of fused-ring (bicyclic) bond motifs is 1. The van der Waals surface area contributed by atoms with Gasteiger partial charge >= 0.3 is 5.97 Å². The molecule has 0 atom stereocenters. The Morgan fingerprint density at radius 2 is 2.41 bits per heavy atom. The molecule has 90 valence electrons. The topological polar surface area (TPSA) is 85.0 Å². The molecule has 2 rings (SSSR count). The van der Waals surface area contributed by atoms with Gasteiger partial charge in [-0.05, 0) is 13.0 Å². The van der Waals surface area contributed by atoms with Crippen LogP contribution < -0.4 is 5.73 Å². The van der Waals surface area contributed by atoms with Crippen LogP contribution in [0.15, 0.2) is 27.5 Å². The van der Waals surface area contributed by atoms with Crippen molar-refractivity contribution in [2.45, 2.75) is 6.92 Å². The number of ether oxygens (including phenoxy) is 1. The molecule has 0 saturated carbocycles. The first kappa shape index (κ1) is 11.7. The van der Waals surface area contributed by atoms with E-state index in [0.717, 1.165) is 0 Å². The summed E-state index contributed by atoms with van der Waals surface area (Å²) in [6.45, 7) is 1.91. The van der Waals surface area contributed by atoms with E-state index >= 15 is 0 Å². The SMILES string of the molecule is CCOC(=O)C1=CC(Cl)=C(N)N2CC(=O)N=C12. The summed E-state index contributed by atoms with van der Waals surface area (Å²) >= 11 is 5.88. The maximum atomic E-state index is 11.7. The van der Waals surface area contributed by atoms with Gasteiger partial charge in [-0.1, -0.05) is 11.6 Å². The lowest BCUT2D eigenvalue weighted by Crippen LogP contribution is -2.38. The van der Waals surface area contributed by atoms with Gasteiger partial charge in [-0.25, -0.2) is 4.79 Å². The number of allylic oxidation sites excluding steroid dienone is 2. The molecule has 0 unspecified atom stereocenters. The minimum atomic E-state index is -0.573. The molecule has 2 aliphatic rings. The fraction of sp³-hybridized carbons (Fsp3) is 0.300. The van der Waals surface area contributed by atoms with E-state index < -0.39 is 5.97 Å². The highest BCUT2D eigenvalue weighted by Gasteiger charge is 2.35. The van der Waals surface area contributed by atoms with Gasteiger partial charge in [0.2, 0.25) is 0 Å². The van der Waals surface area contributed by atoms with Crippen molar-refractivity contribution in [2.75, 3.05) is 13.2 Å². The first-order valence-electron chi connectivity index (χ1n) is 4.98. The van der Waals surface area contributed by atoms with Crippen molar-refractivity contribution >= 4 is 29.3 Å². The van der Waals surface area contributed by atoms with Crippen LogP contribution in [0.25, 0.3) is 0 Å². The Balaban J connectivity index is 2.43. The maximum Gasteiger partial charge on any atom is 0.341 e. The Morgan fingerprint density at radius 3 is 3.06 bits per heavy atom. The Morgan fingerprint density at radius 1 is 1.71 bits per heavy atom. The monoisotopic (exact) mass is 255 g/mol. The van der Waals surface area contributed by atoms with Crippen LogP contribution in [0.2, 0.25) is 0 Å². The zero-order chi connectivity index (χ0) is 12.6. The number of nitrogens with zero attached hydrogens (tertiary/aromatic N) is 2. The molecule has 1 amide bonds. The van der Waals surface area contributed by atoms with Gasteiger partial charge in [-0.15, -0.1) is 0 Å². The minimum absolute atomic E-state index is 0.00582. The summed E-state index contributed by atoms with van der Waals surface area (Å²) in [5.41, 5.74) is 5.86. The molecule has 0 spiro atoms. The number of carbonyl (C=O) groups excluding carboxylic acids is 2. The van der Waals surface area contributed by atoms with E-state index in [9.17, 15) is 9.59 Å². The van der Waals surface area contributed by atoms with Crippen molar-refractivity contribution in [1.82, 2.24) is 4.90 Å². The highest BCUT2D eigenvalue weighted by atomic mass is 35.5. The number of amides is 1. The first-order chi connectivity index (χ1) is 8.04. The molecule has 0 aromatic heterocycles. The van der Waals surface area contributed by atoms with Gasteiger partial charge < -0.3 is 15.4 Å². The number of hydrogen-bond donors (Lipinski definition) is 1. The van der Waals surface area contributed by atoms with Gasteiger partial charge in [-0.3, -0.25) is 4.79 Å². The first-order valence-corrected chi connectivity index (χ1v) is 5.36. The van der Waals surface area contributed by atoms with Gasteiger partial charge in [0.1, 0.15) is 17.9 Å². The molecule has 0 radical (unpaired) electrons. The molecule has 7 heteroatoms. The lowest BCUT2D eigenvalue weighted by Gasteiger charge is -2.24. The van der Waals surface area contributed by atoms with Crippen LogP contribution >= 0.6 is 11.6 Å². The fourth-order valence-corrected chi connectivity index (χ4v) is 1.79. The predicted octanol–water partition coefficient (Wildman–Crippen LogP) is 0.0968. The Hall–Kier alpha value is -1.82. The summed E-state index contributed by atoms with van der Waals surface area (Å²) in [4.78, 5) is 28.1. The number of amidine groups is 1. The third-order valence-corrected chi connectivity index (χ3v) is 2.63. The molecular formula is C10H10ClN3O3. The van der Waals surface area contributed by atoms with Crippen molar-refractivity contribution in [3.8, 4) is 0 Å². The second kappa shape index (κ2) is 4.21. The van der Waals surface area contributed by atoms with Gasteiger partial charge in [0.15, 0.2) is 5.84 Å². The van der Waals surface area contributed by atoms with Crippen molar-refractivity contribution in [3.63, 3.8) is 0 Å². The largest absolute Gasteiger partial charge is 0.462 e. The number of rotatable bonds is 2. The number of hydrogen-bond acceptors (Lipinski definition) is 5. The zero-order valence-electron chi connectivity index (χ0n) is 9.07. The van der Waals surface area contributed by atoms with Gasteiger partial charge in [0.05, 0.1) is 11.6 Å². The molecule has 2 heterocycles. The van der Waals surface area contributed by atoms with E-state index in [2.05, 4.69) is 4.99 Å². The van der Waals surface area contributed by atoms with Crippen LogP contribution in [0.3, 0.4) is 0 Å². The van der Waals surface area contributed by atoms with Crippen molar-refractivity contribution in [3.05, 3.63) is 22.5 Å². The molecule has 0 fully saturated rings. The number of esters is 1. The van der Waals surface area contributed by atoms with E-state index in [1.54, 1.807) is 6.92 Å². The molecule has 17 heavy (non-hydrogen) atoms. The molecule has 0 aromatic carbocycles. The van der Waals surface area contributed by atoms with E-state index in [0.29, 0.717) is 0 Å². The van der Waals surface area contributed by atoms with Crippen molar-refractivity contribution in [2.24, 2.45) is 10.7 Å². The molecule has 2 N–H and O–H groups in total. The Bertz CT molecular complexity index is 493. The summed E-state index contributed by atoms with van der Waals surface area (Å²) < 4.78 is 4.86. The van der Waals surface area contributed by atoms with Gasteiger partial charge in [-0.2, -0.15) is 4.99 Å². The van der Waals surface area contributed by atoms with Crippen LogP contribution in [-0.2, 0) is 14.3 Å². The standard InChI is InChI=1S/C10H10ClN3O3/c1-2-17-10(16)5-3-6(11)8(12)14-4-7(15)13-9(5)14/h3H,2,4,12H2,1H3. The number of nitrogens with two attached hydrogens (primary N) is 1. The third-order valence-electron chi connectivity index (χ3n) is 2.32. The van der Waals surface area contributed by atoms with Gasteiger partial charge in [0, 0.05) is 0 Å². The quantitative estimate of drug-likeness (QED) is 0.707. The summed E-state index contributed by atoms with van der Waals surface area (Å²) in [6.07, 6.45) is 1.36. The van der Waals surface area contributed by atoms with Crippen molar-refractivity contribution in [1.29, 1.82) is 0 Å². The average molecular weight is 256 g/mol. The molecule has 6 nitrogen and oxygen atoms in total. The Kier molecular flexibility index (Phi) is 2.89. The average Bonchev–Trinajstić information content (AvgIpc) is 2.66. The van der Waals surface area contributed by atoms with E-state index in [-0.39, 0.29) is 41.3 Å². The maximum absolute atomic E-state index is 11.7. The van der Waals surface area contributed by atoms with Crippen LogP contribution in [0, 0.1) is 0 Å². The zero-order valence-corrected chi connectivity index (χ0v) is 9.82. The number of halogens is 1. The molecule has 0 aliphatic carbocycles. The molecule has 0 aromatic rings. The Labute approximate surface area is 102 Å². The van der Waals surface area contributed by atoms with Gasteiger partial charge in [0.25, 0.3) is 5.91 Å². The summed E-state index contributed by atoms with van der Waals surface area (Å²) in [5.74, 6) is -0.527. The number of carbonyl (C=O) groups is 2. The van der Waals surface area contributed by atoms with Crippen LogP contribution in [0.4, 0.5) is 0 Å². The fourth-order valence-electron chi connectivity index (χ4n) is 1.58. The smallest absolute Gasteiger partial charge is 0.341 e. The minimum Gasteiger partial charge on any atom is -0.462 e. The molecular weight excluding hydrogens is 246 g/mol.